The molecule has 194 valence electrons. The maximum absolute atomic E-state index is 13.7. The Hall–Kier alpha value is -4.14. The summed E-state index contributed by atoms with van der Waals surface area (Å²) in [6, 6.07) is 15.0. The van der Waals surface area contributed by atoms with Crippen LogP contribution in [0.4, 0.5) is 10.6 Å². The number of ether oxygens (including phenoxy) is 1. The number of nitrogen functional groups attached to an aromatic ring is 1. The molecule has 1 aliphatic heterocycles. The van der Waals surface area contributed by atoms with E-state index in [9.17, 15) is 14.4 Å². The van der Waals surface area contributed by atoms with Crippen molar-refractivity contribution in [3.8, 4) is 0 Å². The first-order valence-electron chi connectivity index (χ1n) is 12.4. The van der Waals surface area contributed by atoms with Gasteiger partial charge in [-0.1, -0.05) is 42.5 Å². The number of nitrogens with zero attached hydrogens (tertiary/aromatic N) is 2. The normalized spacial score (nSPS) is 16.3. The van der Waals surface area contributed by atoms with Crippen LogP contribution >= 0.6 is 0 Å². The number of rotatable bonds is 6. The van der Waals surface area contributed by atoms with E-state index in [0.29, 0.717) is 37.3 Å². The number of alkyl carbamates (subject to hydrolysis) is 1. The van der Waals surface area contributed by atoms with Crippen LogP contribution in [0, 0.1) is 0 Å². The lowest BCUT2D eigenvalue weighted by Crippen LogP contribution is -2.50. The topological polar surface area (TPSA) is 127 Å². The van der Waals surface area contributed by atoms with Crippen LogP contribution in [0.15, 0.2) is 60.8 Å². The van der Waals surface area contributed by atoms with Crippen LogP contribution in [0.1, 0.15) is 50.8 Å². The van der Waals surface area contributed by atoms with Crippen molar-refractivity contribution in [3.05, 3.63) is 71.9 Å². The van der Waals surface area contributed by atoms with Crippen molar-refractivity contribution >= 4 is 34.5 Å². The number of benzene rings is 2. The number of nitrogens with one attached hydrogen (secondary N) is 2. The fraction of sp³-hybridized carbons (Fsp3) is 0.357. The zero-order valence-corrected chi connectivity index (χ0v) is 21.4. The minimum absolute atomic E-state index is 0.232. The summed E-state index contributed by atoms with van der Waals surface area (Å²) in [7, 11) is 0. The Labute approximate surface area is 216 Å². The molecule has 1 unspecified atom stereocenters. The molecule has 9 nitrogen and oxygen atoms in total. The Bertz CT molecular complexity index is 1290. The molecule has 0 saturated carbocycles. The number of hydrogen-bond donors (Lipinski definition) is 3. The minimum Gasteiger partial charge on any atom is -0.444 e. The fourth-order valence-corrected chi connectivity index (χ4v) is 4.50. The van der Waals surface area contributed by atoms with Gasteiger partial charge in [-0.25, -0.2) is 9.78 Å². The van der Waals surface area contributed by atoms with E-state index in [1.54, 1.807) is 56.1 Å². The van der Waals surface area contributed by atoms with E-state index in [1.807, 2.05) is 30.3 Å². The minimum atomic E-state index is -0.969. The highest BCUT2D eigenvalue weighted by atomic mass is 16.6. The Kier molecular flexibility index (Phi) is 7.61. The van der Waals surface area contributed by atoms with E-state index in [0.717, 1.165) is 16.3 Å². The predicted octanol–water partition coefficient (Wildman–Crippen LogP) is 3.69. The van der Waals surface area contributed by atoms with Gasteiger partial charge in [0.2, 0.25) is 5.91 Å². The van der Waals surface area contributed by atoms with Crippen LogP contribution in [0.25, 0.3) is 10.8 Å². The summed E-state index contributed by atoms with van der Waals surface area (Å²) in [5, 5.41) is 7.47. The molecule has 1 aromatic heterocycles. The standard InChI is InChI=1S/C28H33N5O4/c1-28(2,3)37-27(36)32-23(19-8-5-4-6-9-19)26(35)33-15-7-10-22(33)25(34)31-17-18-11-12-21-20(16-18)13-14-30-24(21)29/h4-6,8-9,11-14,16,22-23H,7,10,15,17H2,1-3H3,(H2,29,30)(H,31,34)(H,32,36)/t22?,23-/m1/s1. The molecule has 0 bridgehead atoms. The molecule has 1 aliphatic rings. The summed E-state index contributed by atoms with van der Waals surface area (Å²) in [4.78, 5) is 45.0. The molecule has 37 heavy (non-hydrogen) atoms. The molecule has 2 atom stereocenters. The molecule has 1 saturated heterocycles. The van der Waals surface area contributed by atoms with E-state index in [-0.39, 0.29) is 11.8 Å². The maximum Gasteiger partial charge on any atom is 0.408 e. The summed E-state index contributed by atoms with van der Waals surface area (Å²) in [5.74, 6) is -0.117. The molecule has 0 spiro atoms. The molecule has 3 amide bonds. The van der Waals surface area contributed by atoms with Gasteiger partial charge in [0.25, 0.3) is 5.91 Å². The van der Waals surface area contributed by atoms with Crippen LogP contribution in [-0.2, 0) is 20.9 Å². The van der Waals surface area contributed by atoms with Crippen molar-refractivity contribution in [2.45, 2.75) is 57.8 Å². The van der Waals surface area contributed by atoms with Crippen LogP contribution in [-0.4, -0.2) is 46.0 Å². The monoisotopic (exact) mass is 503 g/mol. The highest BCUT2D eigenvalue weighted by Crippen LogP contribution is 2.25. The number of carbonyl (C=O) groups is 3. The summed E-state index contributed by atoms with van der Waals surface area (Å²) < 4.78 is 5.39. The third-order valence-electron chi connectivity index (χ3n) is 6.21. The van der Waals surface area contributed by atoms with Crippen molar-refractivity contribution < 1.29 is 19.1 Å². The Morgan fingerprint density at radius 3 is 2.62 bits per heavy atom. The molecule has 2 heterocycles. The SMILES string of the molecule is CC(C)(C)OC(=O)N[C@@H](C(=O)N1CCCC1C(=O)NCc1ccc2c(N)nccc2c1)c1ccccc1. The molecule has 3 aromatic rings. The van der Waals surface area contributed by atoms with Gasteiger partial charge in [0, 0.05) is 24.7 Å². The molecule has 2 aromatic carbocycles. The van der Waals surface area contributed by atoms with Gasteiger partial charge in [-0.3, -0.25) is 9.59 Å². The van der Waals surface area contributed by atoms with Gasteiger partial charge in [0.15, 0.2) is 0 Å². The number of carbonyl (C=O) groups excluding carboxylic acids is 3. The maximum atomic E-state index is 13.7. The van der Waals surface area contributed by atoms with Gasteiger partial charge >= 0.3 is 6.09 Å². The molecule has 0 aliphatic carbocycles. The highest BCUT2D eigenvalue weighted by Gasteiger charge is 2.38. The van der Waals surface area contributed by atoms with Crippen molar-refractivity contribution in [2.24, 2.45) is 0 Å². The first-order chi connectivity index (χ1) is 17.6. The second-order valence-corrected chi connectivity index (χ2v) is 10.1. The molecule has 1 fully saturated rings. The van der Waals surface area contributed by atoms with E-state index in [1.165, 1.54) is 0 Å². The number of fused-ring (bicyclic) bond motifs is 1. The number of hydrogen-bond acceptors (Lipinski definition) is 6. The van der Waals surface area contributed by atoms with Gasteiger partial charge < -0.3 is 26.0 Å². The number of likely N-dealkylation sites (tertiary alicyclic amines) is 1. The fourth-order valence-electron chi connectivity index (χ4n) is 4.50. The Balaban J connectivity index is 1.47. The zero-order chi connectivity index (χ0) is 26.6. The van der Waals surface area contributed by atoms with Gasteiger partial charge in [-0.2, -0.15) is 0 Å². The Morgan fingerprint density at radius 1 is 1.14 bits per heavy atom. The van der Waals surface area contributed by atoms with Gasteiger partial charge in [0.05, 0.1) is 0 Å². The average molecular weight is 504 g/mol. The number of pyridine rings is 1. The van der Waals surface area contributed by atoms with Crippen LogP contribution in [0.3, 0.4) is 0 Å². The Morgan fingerprint density at radius 2 is 1.89 bits per heavy atom. The second-order valence-electron chi connectivity index (χ2n) is 10.1. The first-order valence-corrected chi connectivity index (χ1v) is 12.4. The molecule has 4 rings (SSSR count). The average Bonchev–Trinajstić information content (AvgIpc) is 3.35. The van der Waals surface area contributed by atoms with Crippen molar-refractivity contribution in [1.82, 2.24) is 20.5 Å². The summed E-state index contributed by atoms with van der Waals surface area (Å²) >= 11 is 0. The van der Waals surface area contributed by atoms with E-state index < -0.39 is 23.8 Å². The molecule has 9 heteroatoms. The predicted molar refractivity (Wildman–Crippen MR) is 141 cm³/mol. The number of aromatic nitrogens is 1. The van der Waals surface area contributed by atoms with E-state index in [4.69, 9.17) is 10.5 Å². The number of nitrogens with two attached hydrogens (primary N) is 1. The van der Waals surface area contributed by atoms with E-state index >= 15 is 0 Å². The quantitative estimate of drug-likeness (QED) is 0.471. The second kappa shape index (κ2) is 10.9. The van der Waals surface area contributed by atoms with Gasteiger partial charge in [-0.05, 0) is 62.3 Å². The summed E-state index contributed by atoms with van der Waals surface area (Å²) in [6.45, 7) is 6.02. The lowest BCUT2D eigenvalue weighted by atomic mass is 10.0. The largest absolute Gasteiger partial charge is 0.444 e. The molecule has 0 radical (unpaired) electrons. The van der Waals surface area contributed by atoms with Gasteiger partial charge in [0.1, 0.15) is 23.5 Å². The van der Waals surface area contributed by atoms with Crippen molar-refractivity contribution in [3.63, 3.8) is 0 Å². The number of amides is 3. The van der Waals surface area contributed by atoms with Crippen molar-refractivity contribution in [1.29, 1.82) is 0 Å². The van der Waals surface area contributed by atoms with Crippen LogP contribution < -0.4 is 16.4 Å². The third kappa shape index (κ3) is 6.35. The van der Waals surface area contributed by atoms with Crippen LogP contribution in [0.5, 0.6) is 0 Å². The first kappa shape index (κ1) is 25.9. The third-order valence-corrected chi connectivity index (χ3v) is 6.21. The lowest BCUT2D eigenvalue weighted by Gasteiger charge is -2.29. The van der Waals surface area contributed by atoms with E-state index in [2.05, 4.69) is 15.6 Å². The smallest absolute Gasteiger partial charge is 0.408 e. The summed E-state index contributed by atoms with van der Waals surface area (Å²) in [6.07, 6.45) is 2.20. The molecular weight excluding hydrogens is 470 g/mol. The van der Waals surface area contributed by atoms with Crippen molar-refractivity contribution in [2.75, 3.05) is 12.3 Å². The number of anilines is 1. The molecule has 4 N–H and O–H groups in total. The lowest BCUT2D eigenvalue weighted by molar-refractivity contribution is -0.140. The van der Waals surface area contributed by atoms with Crippen LogP contribution in [0.2, 0.25) is 0 Å². The van der Waals surface area contributed by atoms with Gasteiger partial charge in [-0.15, -0.1) is 0 Å². The summed E-state index contributed by atoms with van der Waals surface area (Å²) in [5.41, 5.74) is 6.75. The molecular formula is C28H33N5O4. The highest BCUT2D eigenvalue weighted by molar-refractivity contribution is 5.93. The zero-order valence-electron chi connectivity index (χ0n) is 21.4.